The van der Waals surface area contributed by atoms with Gasteiger partial charge in [0.15, 0.2) is 0 Å². The lowest BCUT2D eigenvalue weighted by molar-refractivity contribution is -0.384. The van der Waals surface area contributed by atoms with Gasteiger partial charge in [0.1, 0.15) is 11.5 Å². The van der Waals surface area contributed by atoms with E-state index in [4.69, 9.17) is 16.0 Å². The van der Waals surface area contributed by atoms with Crippen molar-refractivity contribution in [1.82, 2.24) is 0 Å². The molecule has 3 aromatic rings. The average Bonchev–Trinajstić information content (AvgIpc) is 3.08. The summed E-state index contributed by atoms with van der Waals surface area (Å²) in [6.07, 6.45) is 1.63. The number of halogens is 1. The van der Waals surface area contributed by atoms with Gasteiger partial charge in [0.25, 0.3) is 5.69 Å². The molecule has 0 bridgehead atoms. The maximum absolute atomic E-state index is 10.7. The first kappa shape index (κ1) is 16.5. The van der Waals surface area contributed by atoms with Crippen molar-refractivity contribution in [3.05, 3.63) is 87.1 Å². The molecule has 1 heterocycles. The van der Waals surface area contributed by atoms with Gasteiger partial charge in [-0.2, -0.15) is 5.26 Å². The fourth-order valence-electron chi connectivity index (χ4n) is 2.31. The van der Waals surface area contributed by atoms with Crippen LogP contribution in [0.1, 0.15) is 11.3 Å². The SMILES string of the molecule is N#C/C(=C\c1ccc(-c2ccc([N+](=O)[O-])cc2)o1)c1cccc(Cl)c1. The van der Waals surface area contributed by atoms with Gasteiger partial charge in [-0.1, -0.05) is 23.7 Å². The molecule has 0 saturated carbocycles. The molecule has 2 aromatic carbocycles. The van der Waals surface area contributed by atoms with Crippen molar-refractivity contribution in [3.8, 4) is 17.4 Å². The number of furan rings is 1. The summed E-state index contributed by atoms with van der Waals surface area (Å²) in [7, 11) is 0. The first-order valence-electron chi connectivity index (χ1n) is 7.29. The Bertz CT molecular complexity index is 998. The number of nitrogens with zero attached hydrogens (tertiary/aromatic N) is 2. The number of benzene rings is 2. The molecule has 0 aliphatic heterocycles. The smallest absolute Gasteiger partial charge is 0.269 e. The molecular weight excluding hydrogens is 340 g/mol. The van der Waals surface area contributed by atoms with Crippen molar-refractivity contribution >= 4 is 28.9 Å². The molecule has 0 saturated heterocycles. The monoisotopic (exact) mass is 350 g/mol. The number of nitro benzene ring substituents is 1. The highest BCUT2D eigenvalue weighted by Crippen LogP contribution is 2.27. The molecule has 0 aliphatic rings. The van der Waals surface area contributed by atoms with E-state index in [9.17, 15) is 15.4 Å². The van der Waals surface area contributed by atoms with Crippen molar-refractivity contribution in [2.75, 3.05) is 0 Å². The Hall–Kier alpha value is -3.36. The molecule has 25 heavy (non-hydrogen) atoms. The molecule has 0 amide bonds. The van der Waals surface area contributed by atoms with Crippen molar-refractivity contribution in [3.63, 3.8) is 0 Å². The third-order valence-electron chi connectivity index (χ3n) is 3.53. The summed E-state index contributed by atoms with van der Waals surface area (Å²) in [5.41, 5.74) is 1.85. The van der Waals surface area contributed by atoms with Gasteiger partial charge in [-0.3, -0.25) is 10.1 Å². The van der Waals surface area contributed by atoms with Gasteiger partial charge < -0.3 is 4.42 Å². The zero-order valence-electron chi connectivity index (χ0n) is 12.8. The van der Waals surface area contributed by atoms with E-state index in [1.165, 1.54) is 12.1 Å². The van der Waals surface area contributed by atoms with Crippen LogP contribution in [0.3, 0.4) is 0 Å². The van der Waals surface area contributed by atoms with Gasteiger partial charge in [0.05, 0.1) is 16.6 Å². The van der Waals surface area contributed by atoms with Crippen LogP contribution in [0.4, 0.5) is 5.69 Å². The highest BCUT2D eigenvalue weighted by atomic mass is 35.5. The third-order valence-corrected chi connectivity index (χ3v) is 3.77. The molecule has 0 radical (unpaired) electrons. The number of nitriles is 1. The van der Waals surface area contributed by atoms with E-state index in [1.807, 2.05) is 0 Å². The molecule has 122 valence electrons. The zero-order chi connectivity index (χ0) is 17.8. The summed E-state index contributed by atoms with van der Waals surface area (Å²) >= 11 is 5.96. The molecular formula is C19H11ClN2O3. The highest BCUT2D eigenvalue weighted by Gasteiger charge is 2.09. The van der Waals surface area contributed by atoms with E-state index in [-0.39, 0.29) is 5.69 Å². The molecule has 0 N–H and O–H groups in total. The van der Waals surface area contributed by atoms with Crippen LogP contribution < -0.4 is 0 Å². The standard InChI is InChI=1S/C19H11ClN2O3/c20-16-3-1-2-14(10-16)15(12-21)11-18-8-9-19(25-18)13-4-6-17(7-5-13)22(23)24/h1-11H/b15-11+. The number of hydrogen-bond acceptors (Lipinski definition) is 4. The first-order chi connectivity index (χ1) is 12.1. The van der Waals surface area contributed by atoms with Crippen molar-refractivity contribution in [2.45, 2.75) is 0 Å². The Morgan fingerprint density at radius 3 is 2.56 bits per heavy atom. The van der Waals surface area contributed by atoms with Crippen LogP contribution in [0.2, 0.25) is 5.02 Å². The van der Waals surface area contributed by atoms with E-state index in [0.717, 1.165) is 0 Å². The summed E-state index contributed by atoms with van der Waals surface area (Å²) in [5, 5.41) is 20.6. The topological polar surface area (TPSA) is 80.1 Å². The normalized spacial score (nSPS) is 11.1. The molecule has 0 spiro atoms. The van der Waals surface area contributed by atoms with Gasteiger partial charge in [0, 0.05) is 22.7 Å². The van der Waals surface area contributed by atoms with Gasteiger partial charge in [-0.05, 0) is 48.0 Å². The van der Waals surface area contributed by atoms with Crippen molar-refractivity contribution in [2.24, 2.45) is 0 Å². The second-order valence-corrected chi connectivity index (χ2v) is 5.62. The van der Waals surface area contributed by atoms with Gasteiger partial charge in [0.2, 0.25) is 0 Å². The van der Waals surface area contributed by atoms with Crippen LogP contribution in [-0.4, -0.2) is 4.92 Å². The summed E-state index contributed by atoms with van der Waals surface area (Å²) in [4.78, 5) is 10.2. The Balaban J connectivity index is 1.90. The number of nitro groups is 1. The summed E-state index contributed by atoms with van der Waals surface area (Å²) in [5.74, 6) is 1.06. The number of non-ortho nitro benzene ring substituents is 1. The molecule has 5 nitrogen and oxygen atoms in total. The molecule has 0 aliphatic carbocycles. The van der Waals surface area contributed by atoms with E-state index >= 15 is 0 Å². The second kappa shape index (κ2) is 7.04. The summed E-state index contributed by atoms with van der Waals surface area (Å²) < 4.78 is 5.72. The van der Waals surface area contributed by atoms with Crippen LogP contribution in [0.5, 0.6) is 0 Å². The zero-order valence-corrected chi connectivity index (χ0v) is 13.6. The Morgan fingerprint density at radius 2 is 1.92 bits per heavy atom. The Kier molecular flexibility index (Phi) is 4.64. The molecule has 3 rings (SSSR count). The van der Waals surface area contributed by atoms with E-state index in [0.29, 0.717) is 33.2 Å². The van der Waals surface area contributed by atoms with Crippen molar-refractivity contribution < 1.29 is 9.34 Å². The largest absolute Gasteiger partial charge is 0.457 e. The number of allylic oxidation sites excluding steroid dienone is 1. The predicted octanol–water partition coefficient (Wildman–Crippen LogP) is 5.57. The predicted molar refractivity (Wildman–Crippen MR) is 95.7 cm³/mol. The van der Waals surface area contributed by atoms with Crippen LogP contribution in [0, 0.1) is 21.4 Å². The van der Waals surface area contributed by atoms with Gasteiger partial charge in [-0.15, -0.1) is 0 Å². The molecule has 0 fully saturated rings. The maximum atomic E-state index is 10.7. The second-order valence-electron chi connectivity index (χ2n) is 5.19. The summed E-state index contributed by atoms with van der Waals surface area (Å²) in [6.45, 7) is 0. The van der Waals surface area contributed by atoms with Crippen LogP contribution in [0.25, 0.3) is 23.0 Å². The minimum atomic E-state index is -0.454. The van der Waals surface area contributed by atoms with Gasteiger partial charge in [-0.25, -0.2) is 0 Å². The fourth-order valence-corrected chi connectivity index (χ4v) is 2.50. The van der Waals surface area contributed by atoms with E-state index in [1.54, 1.807) is 54.6 Å². The number of rotatable bonds is 4. The molecule has 0 unspecified atom stereocenters. The van der Waals surface area contributed by atoms with Crippen LogP contribution >= 0.6 is 11.6 Å². The number of hydrogen-bond donors (Lipinski definition) is 0. The molecule has 0 atom stereocenters. The molecule has 1 aromatic heterocycles. The first-order valence-corrected chi connectivity index (χ1v) is 7.67. The lowest BCUT2D eigenvalue weighted by Crippen LogP contribution is -1.86. The summed E-state index contributed by atoms with van der Waals surface area (Å²) in [6, 6.07) is 18.7. The van der Waals surface area contributed by atoms with Crippen molar-refractivity contribution in [1.29, 1.82) is 5.26 Å². The lowest BCUT2D eigenvalue weighted by Gasteiger charge is -1.99. The van der Waals surface area contributed by atoms with Crippen LogP contribution in [-0.2, 0) is 0 Å². The molecule has 6 heteroatoms. The van der Waals surface area contributed by atoms with E-state index < -0.39 is 4.92 Å². The van der Waals surface area contributed by atoms with E-state index in [2.05, 4.69) is 6.07 Å². The third kappa shape index (κ3) is 3.77. The minimum Gasteiger partial charge on any atom is -0.457 e. The van der Waals surface area contributed by atoms with Gasteiger partial charge >= 0.3 is 0 Å². The average molecular weight is 351 g/mol. The fraction of sp³-hybridized carbons (Fsp3) is 0. The quantitative estimate of drug-likeness (QED) is 0.350. The Labute approximate surface area is 148 Å². The Morgan fingerprint density at radius 1 is 1.16 bits per heavy atom. The van der Waals surface area contributed by atoms with Crippen LogP contribution in [0.15, 0.2) is 65.1 Å². The minimum absolute atomic E-state index is 0.0168. The lowest BCUT2D eigenvalue weighted by atomic mass is 10.1. The maximum Gasteiger partial charge on any atom is 0.269 e. The highest BCUT2D eigenvalue weighted by molar-refractivity contribution is 6.30.